The van der Waals surface area contributed by atoms with E-state index in [0.717, 1.165) is 28.9 Å². The summed E-state index contributed by atoms with van der Waals surface area (Å²) in [6.07, 6.45) is 2.05. The maximum absolute atomic E-state index is 4.80. The average Bonchev–Trinajstić information content (AvgIpc) is 2.74. The molecule has 2 rings (SSSR count). The molecule has 0 spiro atoms. The Balaban J connectivity index is 2.66. The second-order valence-electron chi connectivity index (χ2n) is 4.72. The molecule has 0 N–H and O–H groups in total. The van der Waals surface area contributed by atoms with Gasteiger partial charge in [-0.3, -0.25) is 0 Å². The fourth-order valence-corrected chi connectivity index (χ4v) is 2.50. The number of aryl methyl sites for hydroxylation is 1. The van der Waals surface area contributed by atoms with Crippen LogP contribution >= 0.6 is 11.3 Å². The van der Waals surface area contributed by atoms with Gasteiger partial charge in [0.25, 0.3) is 0 Å². The Morgan fingerprint density at radius 2 is 2.00 bits per heavy atom. The van der Waals surface area contributed by atoms with E-state index in [1.54, 1.807) is 11.3 Å². The van der Waals surface area contributed by atoms with Gasteiger partial charge in [-0.2, -0.15) is 0 Å². The number of rotatable bonds is 3. The molecule has 2 aromatic heterocycles. The van der Waals surface area contributed by atoms with E-state index in [9.17, 15) is 0 Å². The highest BCUT2D eigenvalue weighted by atomic mass is 32.1. The first kappa shape index (κ1) is 11.5. The molecule has 0 saturated heterocycles. The molecular formula is C13H18N2S. The molecule has 0 aliphatic rings. The van der Waals surface area contributed by atoms with Crippen LogP contribution < -0.4 is 0 Å². The molecular weight excluding hydrogens is 216 g/mol. The van der Waals surface area contributed by atoms with Gasteiger partial charge in [-0.25, -0.2) is 9.97 Å². The summed E-state index contributed by atoms with van der Waals surface area (Å²) in [4.78, 5) is 10.6. The van der Waals surface area contributed by atoms with E-state index >= 15 is 0 Å². The zero-order chi connectivity index (χ0) is 11.8. The van der Waals surface area contributed by atoms with Crippen LogP contribution in [0.2, 0.25) is 0 Å². The SMILES string of the molecule is CCc1nc2sccc2nc1C(C)(C)CC. The third-order valence-electron chi connectivity index (χ3n) is 3.23. The molecule has 0 fully saturated rings. The largest absolute Gasteiger partial charge is 0.248 e. The lowest BCUT2D eigenvalue weighted by atomic mass is 9.84. The van der Waals surface area contributed by atoms with Gasteiger partial charge in [0.2, 0.25) is 0 Å². The summed E-state index contributed by atoms with van der Waals surface area (Å²) in [5, 5.41) is 2.06. The monoisotopic (exact) mass is 234 g/mol. The number of hydrogen-bond acceptors (Lipinski definition) is 3. The van der Waals surface area contributed by atoms with Crippen LogP contribution in [0.15, 0.2) is 11.4 Å². The lowest BCUT2D eigenvalue weighted by Gasteiger charge is -2.24. The van der Waals surface area contributed by atoms with E-state index in [2.05, 4.69) is 39.1 Å². The minimum atomic E-state index is 0.120. The lowest BCUT2D eigenvalue weighted by Crippen LogP contribution is -2.20. The molecule has 0 bridgehead atoms. The summed E-state index contributed by atoms with van der Waals surface area (Å²) in [5.41, 5.74) is 3.48. The molecule has 0 amide bonds. The molecule has 0 saturated carbocycles. The van der Waals surface area contributed by atoms with Gasteiger partial charge in [-0.05, 0) is 24.3 Å². The van der Waals surface area contributed by atoms with Gasteiger partial charge in [-0.15, -0.1) is 11.3 Å². The second kappa shape index (κ2) is 4.13. The van der Waals surface area contributed by atoms with E-state index in [4.69, 9.17) is 9.97 Å². The molecule has 0 unspecified atom stereocenters. The topological polar surface area (TPSA) is 25.8 Å². The summed E-state index contributed by atoms with van der Waals surface area (Å²) in [7, 11) is 0. The first-order chi connectivity index (χ1) is 7.58. The average molecular weight is 234 g/mol. The smallest absolute Gasteiger partial charge is 0.142 e. The molecule has 0 aliphatic heterocycles. The van der Waals surface area contributed by atoms with Crippen molar-refractivity contribution >= 4 is 21.7 Å². The predicted octanol–water partition coefficient (Wildman–Crippen LogP) is 3.94. The van der Waals surface area contributed by atoms with E-state index < -0.39 is 0 Å². The first-order valence-electron chi connectivity index (χ1n) is 5.83. The van der Waals surface area contributed by atoms with E-state index in [1.165, 1.54) is 5.69 Å². The quantitative estimate of drug-likeness (QED) is 0.804. The molecule has 0 aliphatic carbocycles. The minimum absolute atomic E-state index is 0.120. The molecule has 2 heterocycles. The normalized spacial score (nSPS) is 12.2. The summed E-state index contributed by atoms with van der Waals surface area (Å²) >= 11 is 1.67. The Hall–Kier alpha value is -0.960. The molecule has 0 aromatic carbocycles. The standard InChI is InChI=1S/C13H18N2S/c1-5-9-11(13(3,4)6-2)14-10-7-8-16-12(10)15-9/h7-8H,5-6H2,1-4H3. The van der Waals surface area contributed by atoms with Crippen molar-refractivity contribution in [1.29, 1.82) is 0 Å². The number of thiophene rings is 1. The van der Waals surface area contributed by atoms with Crippen molar-refractivity contribution in [3.8, 4) is 0 Å². The highest BCUT2D eigenvalue weighted by Crippen LogP contribution is 2.30. The highest BCUT2D eigenvalue weighted by Gasteiger charge is 2.24. The van der Waals surface area contributed by atoms with Crippen LogP contribution in [0.25, 0.3) is 10.3 Å². The van der Waals surface area contributed by atoms with Gasteiger partial charge in [0, 0.05) is 5.41 Å². The van der Waals surface area contributed by atoms with Crippen LogP contribution in [-0.2, 0) is 11.8 Å². The molecule has 2 aromatic rings. The van der Waals surface area contributed by atoms with Crippen LogP contribution in [0.5, 0.6) is 0 Å². The molecule has 0 radical (unpaired) electrons. The molecule has 2 nitrogen and oxygen atoms in total. The van der Waals surface area contributed by atoms with Crippen LogP contribution in [0, 0.1) is 0 Å². The highest BCUT2D eigenvalue weighted by molar-refractivity contribution is 7.16. The van der Waals surface area contributed by atoms with Crippen molar-refractivity contribution in [2.24, 2.45) is 0 Å². The Morgan fingerprint density at radius 1 is 1.25 bits per heavy atom. The zero-order valence-corrected chi connectivity index (χ0v) is 11.2. The number of hydrogen-bond donors (Lipinski definition) is 0. The van der Waals surface area contributed by atoms with E-state index in [1.807, 2.05) is 0 Å². The number of fused-ring (bicyclic) bond motifs is 1. The van der Waals surface area contributed by atoms with Crippen molar-refractivity contribution in [3.05, 3.63) is 22.8 Å². The predicted molar refractivity (Wildman–Crippen MR) is 70.1 cm³/mol. The number of nitrogens with zero attached hydrogens (tertiary/aromatic N) is 2. The van der Waals surface area contributed by atoms with Crippen molar-refractivity contribution in [1.82, 2.24) is 9.97 Å². The lowest BCUT2D eigenvalue weighted by molar-refractivity contribution is 0.484. The van der Waals surface area contributed by atoms with Gasteiger partial charge < -0.3 is 0 Å². The van der Waals surface area contributed by atoms with Crippen molar-refractivity contribution < 1.29 is 0 Å². The van der Waals surface area contributed by atoms with Gasteiger partial charge in [-0.1, -0.05) is 27.7 Å². The van der Waals surface area contributed by atoms with Crippen molar-refractivity contribution in [3.63, 3.8) is 0 Å². The van der Waals surface area contributed by atoms with Crippen LogP contribution in [-0.4, -0.2) is 9.97 Å². The van der Waals surface area contributed by atoms with Gasteiger partial charge in [0.15, 0.2) is 0 Å². The summed E-state index contributed by atoms with van der Waals surface area (Å²) in [5.74, 6) is 0. The summed E-state index contributed by atoms with van der Waals surface area (Å²) < 4.78 is 0. The fourth-order valence-electron chi connectivity index (χ4n) is 1.78. The second-order valence-corrected chi connectivity index (χ2v) is 5.62. The van der Waals surface area contributed by atoms with E-state index in [0.29, 0.717) is 0 Å². The Morgan fingerprint density at radius 3 is 2.62 bits per heavy atom. The fraction of sp³-hybridized carbons (Fsp3) is 0.538. The van der Waals surface area contributed by atoms with Crippen LogP contribution in [0.3, 0.4) is 0 Å². The third-order valence-corrected chi connectivity index (χ3v) is 4.02. The first-order valence-corrected chi connectivity index (χ1v) is 6.71. The molecule has 86 valence electrons. The molecule has 0 atom stereocenters. The molecule has 16 heavy (non-hydrogen) atoms. The minimum Gasteiger partial charge on any atom is -0.248 e. The maximum Gasteiger partial charge on any atom is 0.142 e. The van der Waals surface area contributed by atoms with Gasteiger partial charge >= 0.3 is 0 Å². The summed E-state index contributed by atoms with van der Waals surface area (Å²) in [6, 6.07) is 2.06. The van der Waals surface area contributed by atoms with Crippen molar-refractivity contribution in [2.75, 3.05) is 0 Å². The van der Waals surface area contributed by atoms with Crippen LogP contribution in [0.1, 0.15) is 45.5 Å². The molecule has 3 heteroatoms. The summed E-state index contributed by atoms with van der Waals surface area (Å²) in [6.45, 7) is 8.85. The zero-order valence-electron chi connectivity index (χ0n) is 10.4. The van der Waals surface area contributed by atoms with Gasteiger partial charge in [0.1, 0.15) is 10.3 Å². The number of aromatic nitrogens is 2. The Labute approximate surface area is 101 Å². The Bertz CT molecular complexity index is 500. The van der Waals surface area contributed by atoms with Gasteiger partial charge in [0.05, 0.1) is 11.4 Å². The Kier molecular flexibility index (Phi) is 2.98. The third kappa shape index (κ3) is 1.84. The van der Waals surface area contributed by atoms with E-state index in [-0.39, 0.29) is 5.41 Å². The maximum atomic E-state index is 4.80. The van der Waals surface area contributed by atoms with Crippen LogP contribution in [0.4, 0.5) is 0 Å². The van der Waals surface area contributed by atoms with Crippen molar-refractivity contribution in [2.45, 2.75) is 46.0 Å².